The molecule has 0 aliphatic carbocycles. The van der Waals surface area contributed by atoms with E-state index in [0.29, 0.717) is 22.8 Å². The lowest BCUT2D eigenvalue weighted by Gasteiger charge is -2.07. The summed E-state index contributed by atoms with van der Waals surface area (Å²) in [6.45, 7) is 3.75. The van der Waals surface area contributed by atoms with Gasteiger partial charge in [0.1, 0.15) is 0 Å². The number of carbonyl (C=O) groups excluding carboxylic acids is 1. The quantitative estimate of drug-likeness (QED) is 0.337. The summed E-state index contributed by atoms with van der Waals surface area (Å²) in [5, 5.41) is 9.99. The van der Waals surface area contributed by atoms with Crippen LogP contribution >= 0.6 is 0 Å². The number of amides is 1. The third-order valence-electron chi connectivity index (χ3n) is 4.65. The van der Waals surface area contributed by atoms with Gasteiger partial charge < -0.3 is 10.3 Å². The number of nitrogens with one attached hydrogen (secondary N) is 3. The number of hydrogen-bond donors (Lipinski definition) is 3. The summed E-state index contributed by atoms with van der Waals surface area (Å²) in [5.74, 6) is 0.404. The molecule has 2 aromatic heterocycles. The number of anilines is 1. The van der Waals surface area contributed by atoms with Gasteiger partial charge in [0.25, 0.3) is 5.91 Å². The zero-order valence-corrected chi connectivity index (χ0v) is 16.2. The number of aromatic nitrogens is 4. The van der Waals surface area contributed by atoms with Crippen LogP contribution in [0.5, 0.6) is 0 Å². The molecule has 29 heavy (non-hydrogen) atoms. The Balaban J connectivity index is 1.57. The van der Waals surface area contributed by atoms with E-state index in [4.69, 9.17) is 0 Å². The Hall–Kier alpha value is -3.93. The Morgan fingerprint density at radius 3 is 2.59 bits per heavy atom. The van der Waals surface area contributed by atoms with Gasteiger partial charge in [-0.3, -0.25) is 9.89 Å². The highest BCUT2D eigenvalue weighted by Gasteiger charge is 2.16. The van der Waals surface area contributed by atoms with E-state index >= 15 is 0 Å². The van der Waals surface area contributed by atoms with Crippen LogP contribution in [0.4, 0.5) is 5.69 Å². The van der Waals surface area contributed by atoms with Gasteiger partial charge in [0.15, 0.2) is 11.5 Å². The highest BCUT2D eigenvalue weighted by Crippen LogP contribution is 2.26. The van der Waals surface area contributed by atoms with E-state index in [0.717, 1.165) is 22.2 Å². The van der Waals surface area contributed by atoms with Crippen LogP contribution in [-0.2, 0) is 4.79 Å². The number of fused-ring (bicyclic) bond motifs is 1. The number of para-hydroxylation sites is 2. The van der Waals surface area contributed by atoms with Crippen molar-refractivity contribution in [1.82, 2.24) is 20.2 Å². The van der Waals surface area contributed by atoms with Crippen LogP contribution in [0, 0.1) is 0 Å². The Bertz CT molecular complexity index is 1180. The zero-order valence-electron chi connectivity index (χ0n) is 16.2. The summed E-state index contributed by atoms with van der Waals surface area (Å²) in [4.78, 5) is 20.6. The normalized spacial score (nSPS) is 12.3. The Morgan fingerprint density at radius 2 is 1.83 bits per heavy atom. The van der Waals surface area contributed by atoms with Crippen LogP contribution in [0.15, 0.2) is 78.5 Å². The monoisotopic (exact) mass is 383 g/mol. The second-order valence-electron chi connectivity index (χ2n) is 6.64. The highest BCUT2D eigenvalue weighted by molar-refractivity contribution is 6.06. The molecule has 3 N–H and O–H groups in total. The maximum atomic E-state index is 12.8. The van der Waals surface area contributed by atoms with Crippen LogP contribution in [0.25, 0.3) is 28.1 Å². The minimum atomic E-state index is -0.195. The molecule has 2 aromatic carbocycles. The van der Waals surface area contributed by atoms with Crippen molar-refractivity contribution in [1.29, 1.82) is 0 Å². The fraction of sp³-hybridized carbons (Fsp3) is 0.0870. The molecule has 0 aliphatic heterocycles. The van der Waals surface area contributed by atoms with Gasteiger partial charge in [-0.25, -0.2) is 4.98 Å². The molecule has 0 bridgehead atoms. The first-order chi connectivity index (χ1) is 14.2. The molecule has 0 spiro atoms. The second-order valence-corrected chi connectivity index (χ2v) is 6.64. The number of benzene rings is 2. The first-order valence-corrected chi connectivity index (χ1v) is 9.36. The van der Waals surface area contributed by atoms with Crippen molar-refractivity contribution >= 4 is 28.2 Å². The summed E-state index contributed by atoms with van der Waals surface area (Å²) in [6.07, 6.45) is 5.52. The molecule has 2 heterocycles. The van der Waals surface area contributed by atoms with Gasteiger partial charge in [-0.1, -0.05) is 48.5 Å². The Kier molecular flexibility index (Phi) is 5.07. The van der Waals surface area contributed by atoms with E-state index < -0.39 is 0 Å². The molecule has 0 radical (unpaired) electrons. The largest absolute Gasteiger partial charge is 0.337 e. The molecular weight excluding hydrogens is 362 g/mol. The van der Waals surface area contributed by atoms with Crippen LogP contribution in [-0.4, -0.2) is 26.1 Å². The van der Waals surface area contributed by atoms with Gasteiger partial charge in [0, 0.05) is 11.8 Å². The lowest BCUT2D eigenvalue weighted by molar-refractivity contribution is -0.112. The number of rotatable bonds is 5. The topological polar surface area (TPSA) is 86.5 Å². The van der Waals surface area contributed by atoms with Crippen molar-refractivity contribution in [2.75, 3.05) is 5.32 Å². The van der Waals surface area contributed by atoms with Gasteiger partial charge in [-0.2, -0.15) is 5.10 Å². The number of allylic oxidation sites excluding steroid dienone is 3. The van der Waals surface area contributed by atoms with E-state index in [-0.39, 0.29) is 5.91 Å². The number of carbonyl (C=O) groups is 1. The van der Waals surface area contributed by atoms with E-state index in [1.165, 1.54) is 0 Å². The molecule has 0 saturated carbocycles. The maximum Gasteiger partial charge on any atom is 0.251 e. The van der Waals surface area contributed by atoms with E-state index in [1.807, 2.05) is 73.7 Å². The van der Waals surface area contributed by atoms with Crippen molar-refractivity contribution in [3.05, 3.63) is 84.1 Å². The molecule has 0 aliphatic rings. The molecule has 4 rings (SSSR count). The van der Waals surface area contributed by atoms with Gasteiger partial charge in [0.2, 0.25) is 0 Å². The Morgan fingerprint density at radius 1 is 1.07 bits per heavy atom. The van der Waals surface area contributed by atoms with Crippen molar-refractivity contribution in [2.45, 2.75) is 13.8 Å². The maximum absolute atomic E-state index is 12.8. The summed E-state index contributed by atoms with van der Waals surface area (Å²) in [7, 11) is 0. The van der Waals surface area contributed by atoms with E-state index in [9.17, 15) is 4.79 Å². The van der Waals surface area contributed by atoms with Crippen molar-refractivity contribution < 1.29 is 4.79 Å². The fourth-order valence-electron chi connectivity index (χ4n) is 3.11. The number of H-pyrrole nitrogens is 2. The predicted octanol–water partition coefficient (Wildman–Crippen LogP) is 4.94. The number of hydrogen-bond acceptors (Lipinski definition) is 3. The molecule has 4 aromatic rings. The van der Waals surface area contributed by atoms with Gasteiger partial charge in [0.05, 0.1) is 16.7 Å². The van der Waals surface area contributed by atoms with Crippen LogP contribution in [0.1, 0.15) is 19.4 Å². The van der Waals surface area contributed by atoms with Crippen LogP contribution < -0.4 is 5.32 Å². The SMILES string of the molecule is C/C=C(\C=C(/C)C(=O)Nc1c[nH]nc1-c1nc2ccccc2[nH]1)c1ccccc1. The fourth-order valence-corrected chi connectivity index (χ4v) is 3.11. The van der Waals surface area contributed by atoms with Crippen molar-refractivity contribution in [3.8, 4) is 11.5 Å². The minimum Gasteiger partial charge on any atom is -0.337 e. The van der Waals surface area contributed by atoms with Gasteiger partial charge >= 0.3 is 0 Å². The highest BCUT2D eigenvalue weighted by atomic mass is 16.1. The molecular formula is C23H21N5O. The average molecular weight is 383 g/mol. The lowest BCUT2D eigenvalue weighted by Crippen LogP contribution is -2.13. The van der Waals surface area contributed by atoms with Gasteiger partial charge in [-0.05, 0) is 43.2 Å². The summed E-state index contributed by atoms with van der Waals surface area (Å²) >= 11 is 0. The molecule has 6 heteroatoms. The van der Waals surface area contributed by atoms with E-state index in [1.54, 1.807) is 13.1 Å². The average Bonchev–Trinajstić information content (AvgIpc) is 3.38. The minimum absolute atomic E-state index is 0.195. The summed E-state index contributed by atoms with van der Waals surface area (Å²) in [6, 6.07) is 17.7. The summed E-state index contributed by atoms with van der Waals surface area (Å²) < 4.78 is 0. The molecule has 144 valence electrons. The first kappa shape index (κ1) is 18.4. The van der Waals surface area contributed by atoms with Crippen LogP contribution in [0.3, 0.4) is 0 Å². The third kappa shape index (κ3) is 3.87. The number of aromatic amines is 2. The Labute approximate surface area is 168 Å². The molecule has 0 fully saturated rings. The first-order valence-electron chi connectivity index (χ1n) is 9.36. The lowest BCUT2D eigenvalue weighted by atomic mass is 10.0. The van der Waals surface area contributed by atoms with Crippen molar-refractivity contribution in [2.24, 2.45) is 0 Å². The number of imidazole rings is 1. The van der Waals surface area contributed by atoms with Crippen LogP contribution in [0.2, 0.25) is 0 Å². The molecule has 0 saturated heterocycles. The molecule has 0 unspecified atom stereocenters. The van der Waals surface area contributed by atoms with Crippen molar-refractivity contribution in [3.63, 3.8) is 0 Å². The predicted molar refractivity (Wildman–Crippen MR) is 116 cm³/mol. The van der Waals surface area contributed by atoms with Gasteiger partial charge in [-0.15, -0.1) is 0 Å². The third-order valence-corrected chi connectivity index (χ3v) is 4.65. The summed E-state index contributed by atoms with van der Waals surface area (Å²) in [5.41, 5.74) is 5.55. The molecule has 1 amide bonds. The second kappa shape index (κ2) is 7.98. The number of nitrogens with zero attached hydrogens (tertiary/aromatic N) is 2. The standard InChI is InChI=1S/C23H21N5O/c1-3-16(17-9-5-4-6-10-17)13-15(2)23(29)27-20-14-24-28-21(20)22-25-18-11-7-8-12-19(18)26-22/h3-14H,1-2H3,(H,24,28)(H,25,26)(H,27,29)/b15-13+,16-3+. The van der Waals surface area contributed by atoms with E-state index in [2.05, 4.69) is 25.5 Å². The zero-order chi connectivity index (χ0) is 20.2. The smallest absolute Gasteiger partial charge is 0.251 e. The molecule has 0 atom stereocenters. The molecule has 6 nitrogen and oxygen atoms in total.